The van der Waals surface area contributed by atoms with E-state index in [0.29, 0.717) is 56.7 Å². The summed E-state index contributed by atoms with van der Waals surface area (Å²) in [6.07, 6.45) is 12.2. The fraction of sp³-hybridized carbons (Fsp3) is 0.510. The Morgan fingerprint density at radius 3 is 0.778 bits per heavy atom. The van der Waals surface area contributed by atoms with E-state index < -0.39 is 29.4 Å². The van der Waals surface area contributed by atoms with Crippen molar-refractivity contribution < 1.29 is 62.9 Å². The largest absolute Gasteiger partial charge is 0.508 e. The lowest BCUT2D eigenvalue weighted by atomic mass is 9.76. The van der Waals surface area contributed by atoms with Crippen LogP contribution in [0.1, 0.15) is 313 Å². The van der Waals surface area contributed by atoms with Crippen LogP contribution in [0.3, 0.4) is 0 Å². The van der Waals surface area contributed by atoms with E-state index >= 15 is 0 Å². The van der Waals surface area contributed by atoms with Crippen LogP contribution in [0.15, 0.2) is 212 Å². The third kappa shape index (κ3) is 32.7. The third-order valence-electron chi connectivity index (χ3n) is 23.1. The zero-order chi connectivity index (χ0) is 84.1. The molecule has 0 radical (unpaired) electrons. The van der Waals surface area contributed by atoms with Gasteiger partial charge in [-0.2, -0.15) is 0 Å². The zero-order valence-electron chi connectivity index (χ0n) is 72.8. The normalized spacial score (nSPS) is 17.2. The molecule has 0 aliphatic heterocycles. The average Bonchev–Trinajstić information content (AvgIpc) is 0.826. The summed E-state index contributed by atoms with van der Waals surface area (Å²) in [7, 11) is 0. The second-order valence-electron chi connectivity index (χ2n) is 36.1. The van der Waals surface area contributed by atoms with Gasteiger partial charge >= 0.3 is 17.9 Å². The van der Waals surface area contributed by atoms with Crippen molar-refractivity contribution >= 4 is 17.9 Å². The first-order valence-corrected chi connectivity index (χ1v) is 43.2. The lowest BCUT2D eigenvalue weighted by Crippen LogP contribution is -2.29. The molecule has 1 saturated carbocycles. The highest BCUT2D eigenvalue weighted by Crippen LogP contribution is 2.45. The molecular weight excluding hydrogens is 1460 g/mol. The van der Waals surface area contributed by atoms with E-state index in [1.54, 1.807) is 36.4 Å². The molecule has 8 aromatic rings. The number of carbonyl (C=O) groups excluding carboxylic acids is 3. The maximum atomic E-state index is 13.5. The summed E-state index contributed by atoms with van der Waals surface area (Å²) in [4.78, 5) is 39.8. The fourth-order valence-electron chi connectivity index (χ4n) is 16.5. The monoisotopic (exact) mass is 1600 g/mol. The number of hydrogen-bond acceptors (Lipinski definition) is 13. The van der Waals surface area contributed by atoms with E-state index in [-0.39, 0.29) is 102 Å². The molecule has 0 heterocycles. The van der Waals surface area contributed by atoms with Crippen LogP contribution in [-0.4, -0.2) is 75.8 Å². The Morgan fingerprint density at radius 1 is 0.316 bits per heavy atom. The lowest BCUT2D eigenvalue weighted by Gasteiger charge is -2.30. The van der Waals surface area contributed by atoms with E-state index in [2.05, 4.69) is 163 Å². The van der Waals surface area contributed by atoms with Gasteiger partial charge in [0.25, 0.3) is 0 Å². The standard InChI is InChI=1S/C78H104O10.C25H34O3.CH4/c1-13-59(75(81)87-77(7,8)9)47-69(63-21-17-15-18-22-63)49-67(45-53(3)61-29-37-71(79)38-30-61)65-33-41-73(42-34-65)85-55(5)83-51-57-25-27-58(28-26-57)52-84-56(6)86-74-43-35-66(36-44-74)68(46-54(4)62-31-39-72(80)40-32-62)50-70(64-23-19-16-20-24-64)48-60(14-2)76(82)88-78(10,11)12;1-6-19(24(27)28-25(3,4)5)17-22(21-10-8-7-9-11-21)16-18(2)20-12-14-23(26)15-13-20;/h15-24,29-44,53-60,67-70,79-80H,13-14,25-28,45-52H2,1-12H3;7-15,18-19,22,26H,6,16-17H2,1-5H3;1H4. The highest BCUT2D eigenvalue weighted by molar-refractivity contribution is 5.74. The quantitative estimate of drug-likeness (QED) is 0.0188. The molecular formula is C104H142O13. The summed E-state index contributed by atoms with van der Waals surface area (Å²) in [5.74, 6) is 3.91. The average molecular weight is 1600 g/mol. The van der Waals surface area contributed by atoms with Crippen molar-refractivity contribution in [2.45, 2.75) is 298 Å². The molecule has 13 atom stereocenters. The first-order valence-electron chi connectivity index (χ1n) is 43.2. The topological polar surface area (TPSA) is 177 Å². The first kappa shape index (κ1) is 95.2. The van der Waals surface area contributed by atoms with Gasteiger partial charge in [-0.25, -0.2) is 0 Å². The third-order valence-corrected chi connectivity index (χ3v) is 23.1. The highest BCUT2D eigenvalue weighted by atomic mass is 16.7. The predicted molar refractivity (Wildman–Crippen MR) is 476 cm³/mol. The van der Waals surface area contributed by atoms with Crippen molar-refractivity contribution in [3.63, 3.8) is 0 Å². The first-order chi connectivity index (χ1) is 55.2. The molecule has 8 aromatic carbocycles. The van der Waals surface area contributed by atoms with Gasteiger partial charge in [0.05, 0.1) is 31.0 Å². The number of carbonyl (C=O) groups is 3. The molecule has 0 bridgehead atoms. The second kappa shape index (κ2) is 46.4. The molecule has 117 heavy (non-hydrogen) atoms. The maximum Gasteiger partial charge on any atom is 0.309 e. The Morgan fingerprint density at radius 2 is 0.538 bits per heavy atom. The predicted octanol–water partition coefficient (Wildman–Crippen LogP) is 26.6. The van der Waals surface area contributed by atoms with Crippen molar-refractivity contribution in [1.29, 1.82) is 0 Å². The molecule has 13 unspecified atom stereocenters. The number of hydrogen-bond donors (Lipinski definition) is 3. The SMILES string of the molecule is C.CCC(CC(CC(C)c1ccc(O)cc1)c1ccccc1)C(=O)OC(C)(C)C.CCC(CC(CC(CC(C)c1ccc(O)cc1)c1ccc(OC(C)OCC2CCC(COC(C)Oc3ccc(C(CC(C)c4ccc(O)cc4)CC(CC(CC)C(=O)OC(C)(C)C)c4ccccc4)cc3)CC2)cc1)c1ccccc1)C(=O)OC(C)(C)C. The van der Waals surface area contributed by atoms with E-state index in [4.69, 9.17) is 33.2 Å². The van der Waals surface area contributed by atoms with Crippen molar-refractivity contribution in [2.24, 2.45) is 29.6 Å². The van der Waals surface area contributed by atoms with E-state index in [1.165, 1.54) is 44.5 Å². The molecule has 0 spiro atoms. The fourth-order valence-corrected chi connectivity index (χ4v) is 16.5. The summed E-state index contributed by atoms with van der Waals surface area (Å²) < 4.78 is 43.0. The second-order valence-corrected chi connectivity index (χ2v) is 36.1. The smallest absolute Gasteiger partial charge is 0.309 e. The molecule has 1 aliphatic carbocycles. The van der Waals surface area contributed by atoms with Crippen LogP contribution in [0.5, 0.6) is 28.7 Å². The van der Waals surface area contributed by atoms with E-state index in [1.807, 2.05) is 131 Å². The Bertz CT molecular complexity index is 3910. The van der Waals surface area contributed by atoms with Crippen molar-refractivity contribution in [1.82, 2.24) is 0 Å². The molecule has 636 valence electrons. The molecule has 13 nitrogen and oxygen atoms in total. The number of esters is 3. The van der Waals surface area contributed by atoms with Crippen LogP contribution in [-0.2, 0) is 38.1 Å². The van der Waals surface area contributed by atoms with E-state index in [9.17, 15) is 29.7 Å². The van der Waals surface area contributed by atoms with Crippen molar-refractivity contribution in [3.05, 3.63) is 257 Å². The van der Waals surface area contributed by atoms with Crippen LogP contribution in [0.2, 0.25) is 0 Å². The summed E-state index contributed by atoms with van der Waals surface area (Å²) in [6.45, 7) is 35.5. The van der Waals surface area contributed by atoms with Gasteiger partial charge in [0.15, 0.2) is 12.6 Å². The summed E-state index contributed by atoms with van der Waals surface area (Å²) >= 11 is 0. The number of rotatable bonds is 40. The summed E-state index contributed by atoms with van der Waals surface area (Å²) in [5.41, 5.74) is 8.12. The minimum atomic E-state index is -0.554. The van der Waals surface area contributed by atoms with Gasteiger partial charge < -0.3 is 48.5 Å². The van der Waals surface area contributed by atoms with Gasteiger partial charge in [-0.1, -0.05) is 201 Å². The molecule has 1 fully saturated rings. The molecule has 0 saturated heterocycles. The summed E-state index contributed by atoms with van der Waals surface area (Å²) in [6, 6.07) is 71.2. The minimum absolute atomic E-state index is 0. The Balaban J connectivity index is 0.000000548. The molecule has 13 heteroatoms. The Kier molecular flexibility index (Phi) is 37.8. The van der Waals surface area contributed by atoms with Crippen LogP contribution in [0.4, 0.5) is 0 Å². The van der Waals surface area contributed by atoms with Gasteiger partial charge in [-0.05, 0) is 337 Å². The zero-order valence-corrected chi connectivity index (χ0v) is 72.8. The van der Waals surface area contributed by atoms with Crippen LogP contribution >= 0.6 is 0 Å². The molecule has 3 N–H and O–H groups in total. The van der Waals surface area contributed by atoms with Crippen LogP contribution in [0, 0.1) is 29.6 Å². The van der Waals surface area contributed by atoms with Crippen LogP contribution in [0.25, 0.3) is 0 Å². The van der Waals surface area contributed by atoms with Gasteiger partial charge in [0.2, 0.25) is 0 Å². The Labute approximate surface area is 703 Å². The van der Waals surface area contributed by atoms with Crippen molar-refractivity contribution in [2.75, 3.05) is 13.2 Å². The van der Waals surface area contributed by atoms with Gasteiger partial charge in [-0.3, -0.25) is 14.4 Å². The number of phenols is 3. The summed E-state index contributed by atoms with van der Waals surface area (Å²) in [5, 5.41) is 29.7. The lowest BCUT2D eigenvalue weighted by molar-refractivity contribution is -0.161. The maximum absolute atomic E-state index is 13.5. The highest BCUT2D eigenvalue weighted by Gasteiger charge is 2.34. The van der Waals surface area contributed by atoms with Gasteiger partial charge in [0.1, 0.15) is 45.6 Å². The molecule has 0 amide bonds. The Hall–Kier alpha value is -8.91. The molecule has 1 aliphatic rings. The number of ether oxygens (including phenoxy) is 7. The molecule has 9 rings (SSSR count). The van der Waals surface area contributed by atoms with Gasteiger partial charge in [0, 0.05) is 0 Å². The van der Waals surface area contributed by atoms with E-state index in [0.717, 1.165) is 82.1 Å². The van der Waals surface area contributed by atoms with Crippen LogP contribution < -0.4 is 9.47 Å². The molecule has 0 aromatic heterocycles. The van der Waals surface area contributed by atoms with Gasteiger partial charge in [-0.15, -0.1) is 0 Å². The number of aromatic hydroxyl groups is 3. The van der Waals surface area contributed by atoms with Crippen molar-refractivity contribution in [3.8, 4) is 28.7 Å². The number of phenolic OH excluding ortho intramolecular Hbond substituents is 3. The number of benzene rings is 8. The minimum Gasteiger partial charge on any atom is -0.508 e.